The first-order valence-electron chi connectivity index (χ1n) is 5.79. The number of likely N-dealkylation sites (N-methyl/N-ethyl adjacent to an activating group) is 1. The lowest BCUT2D eigenvalue weighted by molar-refractivity contribution is 0.296. The minimum absolute atomic E-state index is 0.302. The van der Waals surface area contributed by atoms with E-state index in [1.165, 1.54) is 5.56 Å². The molecule has 88 valence electrons. The fourth-order valence-electron chi connectivity index (χ4n) is 2.39. The molecule has 2 rings (SSSR count). The highest BCUT2D eigenvalue weighted by atomic mass is 16.5. The van der Waals surface area contributed by atoms with Crippen LogP contribution in [0.3, 0.4) is 0 Å². The van der Waals surface area contributed by atoms with Crippen LogP contribution in [0, 0.1) is 0 Å². The molecule has 0 aromatic heterocycles. The van der Waals surface area contributed by atoms with Gasteiger partial charge in [0.15, 0.2) is 0 Å². The highest BCUT2D eigenvalue weighted by Crippen LogP contribution is 2.20. The zero-order valence-corrected chi connectivity index (χ0v) is 10.0. The van der Waals surface area contributed by atoms with E-state index < -0.39 is 0 Å². The van der Waals surface area contributed by atoms with Crippen LogP contribution in [0.1, 0.15) is 12.0 Å². The number of methoxy groups -OCH3 is 1. The van der Waals surface area contributed by atoms with Crippen molar-refractivity contribution in [2.75, 3.05) is 20.7 Å². The predicted octanol–water partition coefficient (Wildman–Crippen LogP) is 1.27. The van der Waals surface area contributed by atoms with Crippen LogP contribution >= 0.6 is 0 Å². The summed E-state index contributed by atoms with van der Waals surface area (Å²) in [5.41, 5.74) is 7.41. The molecular weight excluding hydrogens is 200 g/mol. The minimum atomic E-state index is 0.302. The molecule has 1 aliphatic rings. The number of nitrogens with zero attached hydrogens (tertiary/aromatic N) is 1. The van der Waals surface area contributed by atoms with Crippen molar-refractivity contribution in [1.29, 1.82) is 0 Å². The zero-order valence-electron chi connectivity index (χ0n) is 10.0. The van der Waals surface area contributed by atoms with Gasteiger partial charge in [0.1, 0.15) is 5.75 Å². The van der Waals surface area contributed by atoms with Gasteiger partial charge in [-0.15, -0.1) is 0 Å². The van der Waals surface area contributed by atoms with Crippen molar-refractivity contribution in [1.82, 2.24) is 4.90 Å². The number of nitrogens with two attached hydrogens (primary N) is 1. The quantitative estimate of drug-likeness (QED) is 0.833. The number of ether oxygens (including phenoxy) is 1. The Balaban J connectivity index is 2.07. The Morgan fingerprint density at radius 1 is 1.50 bits per heavy atom. The normalized spacial score (nSPS) is 25.9. The van der Waals surface area contributed by atoms with E-state index in [4.69, 9.17) is 10.5 Å². The second kappa shape index (κ2) is 4.85. The maximum Gasteiger partial charge on any atom is 0.119 e. The molecule has 1 aromatic rings. The molecule has 3 nitrogen and oxygen atoms in total. The Kier molecular flexibility index (Phi) is 3.46. The molecule has 0 radical (unpaired) electrons. The maximum absolute atomic E-state index is 6.11. The molecular formula is C13H20N2O. The average Bonchev–Trinajstić information content (AvgIpc) is 2.61. The fraction of sp³-hybridized carbons (Fsp3) is 0.538. The maximum atomic E-state index is 6.11. The Morgan fingerprint density at radius 2 is 2.31 bits per heavy atom. The lowest BCUT2D eigenvalue weighted by Crippen LogP contribution is -2.39. The molecule has 0 aliphatic carbocycles. The van der Waals surface area contributed by atoms with E-state index >= 15 is 0 Å². The summed E-state index contributed by atoms with van der Waals surface area (Å²) in [5.74, 6) is 0.923. The van der Waals surface area contributed by atoms with Gasteiger partial charge in [0.2, 0.25) is 0 Å². The molecule has 2 N–H and O–H groups in total. The van der Waals surface area contributed by atoms with Crippen molar-refractivity contribution in [3.05, 3.63) is 29.8 Å². The molecule has 1 saturated heterocycles. The minimum Gasteiger partial charge on any atom is -0.497 e. The Bertz CT molecular complexity index is 344. The lowest BCUT2D eigenvalue weighted by Gasteiger charge is -2.22. The first-order valence-corrected chi connectivity index (χ1v) is 5.79. The summed E-state index contributed by atoms with van der Waals surface area (Å²) in [6, 6.07) is 9.01. The highest BCUT2D eigenvalue weighted by Gasteiger charge is 2.28. The van der Waals surface area contributed by atoms with Crippen LogP contribution in [0.2, 0.25) is 0 Å². The Hall–Kier alpha value is -1.06. The third-order valence-corrected chi connectivity index (χ3v) is 3.45. The molecule has 2 atom stereocenters. The number of benzene rings is 1. The van der Waals surface area contributed by atoms with Gasteiger partial charge < -0.3 is 15.4 Å². The number of hydrogen-bond acceptors (Lipinski definition) is 3. The van der Waals surface area contributed by atoms with Gasteiger partial charge in [0.25, 0.3) is 0 Å². The molecule has 0 amide bonds. The summed E-state index contributed by atoms with van der Waals surface area (Å²) in [5, 5.41) is 0. The van der Waals surface area contributed by atoms with Crippen LogP contribution in [0.4, 0.5) is 0 Å². The molecule has 3 heteroatoms. The third kappa shape index (κ3) is 2.36. The molecule has 1 fully saturated rings. The molecule has 0 spiro atoms. The van der Waals surface area contributed by atoms with Gasteiger partial charge in [0.05, 0.1) is 7.11 Å². The van der Waals surface area contributed by atoms with E-state index in [1.54, 1.807) is 7.11 Å². The molecule has 2 unspecified atom stereocenters. The molecule has 0 saturated carbocycles. The van der Waals surface area contributed by atoms with Gasteiger partial charge in [-0.1, -0.05) is 12.1 Å². The van der Waals surface area contributed by atoms with E-state index in [0.29, 0.717) is 12.1 Å². The highest BCUT2D eigenvalue weighted by molar-refractivity contribution is 5.29. The number of hydrogen-bond donors (Lipinski definition) is 1. The average molecular weight is 220 g/mol. The fourth-order valence-corrected chi connectivity index (χ4v) is 2.39. The zero-order chi connectivity index (χ0) is 11.5. The topological polar surface area (TPSA) is 38.5 Å². The summed E-state index contributed by atoms with van der Waals surface area (Å²) in [7, 11) is 3.85. The van der Waals surface area contributed by atoms with Crippen LogP contribution in [0.5, 0.6) is 5.75 Å². The number of likely N-dealkylation sites (tertiary alicyclic amines) is 1. The van der Waals surface area contributed by atoms with Gasteiger partial charge in [-0.2, -0.15) is 0 Å². The van der Waals surface area contributed by atoms with Crippen LogP contribution in [0.15, 0.2) is 24.3 Å². The first-order chi connectivity index (χ1) is 7.70. The first kappa shape index (κ1) is 11.4. The summed E-state index contributed by atoms with van der Waals surface area (Å²) >= 11 is 0. The van der Waals surface area contributed by atoms with Crippen molar-refractivity contribution in [3.63, 3.8) is 0 Å². The second-order valence-electron chi connectivity index (χ2n) is 4.56. The summed E-state index contributed by atoms with van der Waals surface area (Å²) in [6.07, 6.45) is 2.11. The monoisotopic (exact) mass is 220 g/mol. The van der Waals surface area contributed by atoms with Crippen LogP contribution in [-0.2, 0) is 6.42 Å². The summed E-state index contributed by atoms with van der Waals surface area (Å²) in [4.78, 5) is 2.35. The van der Waals surface area contributed by atoms with Crippen molar-refractivity contribution in [3.8, 4) is 5.75 Å². The molecule has 1 aromatic carbocycles. The Morgan fingerprint density at radius 3 is 2.94 bits per heavy atom. The van der Waals surface area contributed by atoms with E-state index in [0.717, 1.165) is 25.1 Å². The van der Waals surface area contributed by atoms with E-state index in [2.05, 4.69) is 24.1 Å². The van der Waals surface area contributed by atoms with Gasteiger partial charge in [0, 0.05) is 12.1 Å². The summed E-state index contributed by atoms with van der Waals surface area (Å²) < 4.78 is 5.23. The summed E-state index contributed by atoms with van der Waals surface area (Å²) in [6.45, 7) is 1.11. The molecule has 1 aliphatic heterocycles. The van der Waals surface area contributed by atoms with Gasteiger partial charge in [-0.25, -0.2) is 0 Å². The molecule has 0 bridgehead atoms. The van der Waals surface area contributed by atoms with Crippen molar-refractivity contribution >= 4 is 0 Å². The van der Waals surface area contributed by atoms with Crippen LogP contribution in [-0.4, -0.2) is 37.7 Å². The molecule has 1 heterocycles. The van der Waals surface area contributed by atoms with Crippen molar-refractivity contribution in [2.24, 2.45) is 5.73 Å². The lowest BCUT2D eigenvalue weighted by atomic mass is 10.0. The van der Waals surface area contributed by atoms with E-state index in [1.807, 2.05) is 12.1 Å². The van der Waals surface area contributed by atoms with E-state index in [-0.39, 0.29) is 0 Å². The van der Waals surface area contributed by atoms with Crippen molar-refractivity contribution < 1.29 is 4.74 Å². The third-order valence-electron chi connectivity index (χ3n) is 3.45. The largest absolute Gasteiger partial charge is 0.497 e. The smallest absolute Gasteiger partial charge is 0.119 e. The van der Waals surface area contributed by atoms with Gasteiger partial charge in [-0.05, 0) is 44.1 Å². The van der Waals surface area contributed by atoms with Crippen LogP contribution in [0.25, 0.3) is 0 Å². The van der Waals surface area contributed by atoms with Crippen LogP contribution < -0.4 is 10.5 Å². The predicted molar refractivity (Wildman–Crippen MR) is 65.7 cm³/mol. The standard InChI is InChI=1S/C13H20N2O/c1-15-7-6-12(14)13(15)9-10-4-3-5-11(8-10)16-2/h3-5,8,12-13H,6-7,9,14H2,1-2H3. The Labute approximate surface area is 97.2 Å². The van der Waals surface area contributed by atoms with Gasteiger partial charge in [-0.3, -0.25) is 0 Å². The number of rotatable bonds is 3. The van der Waals surface area contributed by atoms with Gasteiger partial charge >= 0.3 is 0 Å². The van der Waals surface area contributed by atoms with Crippen molar-refractivity contribution in [2.45, 2.75) is 24.9 Å². The van der Waals surface area contributed by atoms with E-state index in [9.17, 15) is 0 Å². The second-order valence-corrected chi connectivity index (χ2v) is 4.56. The molecule has 16 heavy (non-hydrogen) atoms. The SMILES string of the molecule is COc1cccc(CC2C(N)CCN2C)c1.